The first kappa shape index (κ1) is 20.0. The molecule has 0 N–H and O–H groups in total. The van der Waals surface area contributed by atoms with Crippen LogP contribution < -0.4 is 4.90 Å². The highest BCUT2D eigenvalue weighted by atomic mass is 79.9. The Kier molecular flexibility index (Phi) is 5.96. The fourth-order valence-electron chi connectivity index (χ4n) is 3.58. The van der Waals surface area contributed by atoms with Crippen molar-refractivity contribution in [3.8, 4) is 22.4 Å². The zero-order valence-electron chi connectivity index (χ0n) is 15.9. The summed E-state index contributed by atoms with van der Waals surface area (Å²) in [6.45, 7) is 1.52. The van der Waals surface area contributed by atoms with E-state index in [-0.39, 0.29) is 17.7 Å². The van der Waals surface area contributed by atoms with Crippen LogP contribution in [0, 0.1) is 11.7 Å². The van der Waals surface area contributed by atoms with Crippen LogP contribution in [0.2, 0.25) is 0 Å². The third kappa shape index (κ3) is 4.36. The Bertz CT molecular complexity index is 1000. The van der Waals surface area contributed by atoms with Crippen molar-refractivity contribution in [2.75, 3.05) is 25.1 Å². The van der Waals surface area contributed by atoms with Gasteiger partial charge in [0.25, 0.3) is 0 Å². The predicted octanol–water partition coefficient (Wildman–Crippen LogP) is 5.77. The predicted molar refractivity (Wildman–Crippen MR) is 118 cm³/mol. The molecule has 150 valence electrons. The summed E-state index contributed by atoms with van der Waals surface area (Å²) >= 11 is 5.22. The molecule has 1 aliphatic heterocycles. The van der Waals surface area contributed by atoms with Crippen LogP contribution in [0.1, 0.15) is 12.8 Å². The van der Waals surface area contributed by atoms with Gasteiger partial charge in [0.05, 0.1) is 22.5 Å². The van der Waals surface area contributed by atoms with Gasteiger partial charge in [-0.1, -0.05) is 47.7 Å². The number of esters is 1. The van der Waals surface area contributed by atoms with E-state index in [1.54, 1.807) is 23.5 Å². The van der Waals surface area contributed by atoms with Gasteiger partial charge in [0.1, 0.15) is 5.82 Å². The van der Waals surface area contributed by atoms with Gasteiger partial charge in [-0.2, -0.15) is 0 Å². The van der Waals surface area contributed by atoms with Gasteiger partial charge in [0.2, 0.25) is 0 Å². The summed E-state index contributed by atoms with van der Waals surface area (Å²) in [7, 11) is 1.44. The zero-order valence-corrected chi connectivity index (χ0v) is 18.3. The number of methoxy groups -OCH3 is 1. The number of hydrogen-bond acceptors (Lipinski definition) is 5. The van der Waals surface area contributed by atoms with Crippen LogP contribution in [-0.4, -0.2) is 31.2 Å². The van der Waals surface area contributed by atoms with E-state index in [1.165, 1.54) is 19.2 Å². The van der Waals surface area contributed by atoms with Crippen LogP contribution in [0.4, 0.5) is 9.52 Å². The number of carbonyl (C=O) groups excluding carboxylic acids is 1. The van der Waals surface area contributed by atoms with Gasteiger partial charge in [0, 0.05) is 18.7 Å². The van der Waals surface area contributed by atoms with Crippen LogP contribution in [0.3, 0.4) is 0 Å². The Morgan fingerprint density at radius 3 is 2.41 bits per heavy atom. The van der Waals surface area contributed by atoms with E-state index in [1.807, 2.05) is 24.3 Å². The van der Waals surface area contributed by atoms with E-state index >= 15 is 0 Å². The van der Waals surface area contributed by atoms with Crippen molar-refractivity contribution in [1.82, 2.24) is 4.98 Å². The van der Waals surface area contributed by atoms with Crippen LogP contribution in [0.25, 0.3) is 22.4 Å². The molecule has 4 nitrogen and oxygen atoms in total. The molecule has 1 aromatic heterocycles. The second kappa shape index (κ2) is 8.63. The number of thiazole rings is 1. The number of nitrogens with zero attached hydrogens (tertiary/aromatic N) is 2. The zero-order chi connectivity index (χ0) is 20.4. The molecular formula is C22H20BrFN2O2S. The summed E-state index contributed by atoms with van der Waals surface area (Å²) in [4.78, 5) is 18.9. The minimum Gasteiger partial charge on any atom is -0.469 e. The average Bonchev–Trinajstić information content (AvgIpc) is 3.15. The first-order chi connectivity index (χ1) is 14.0. The molecule has 2 aromatic carbocycles. The molecule has 1 atom stereocenters. The topological polar surface area (TPSA) is 42.4 Å². The second-order valence-corrected chi connectivity index (χ2v) is 9.31. The molecule has 3 aromatic rings. The van der Waals surface area contributed by atoms with Crippen molar-refractivity contribution < 1.29 is 13.9 Å². The van der Waals surface area contributed by atoms with E-state index in [9.17, 15) is 9.18 Å². The minimum atomic E-state index is -0.239. The SMILES string of the molecule is COC(=O)C1CCCN(c2nc(-c3ccc(-c4ccc(F)cc4)cc3)c(Br)s2)C1. The molecular weight excluding hydrogens is 455 g/mol. The third-order valence-electron chi connectivity index (χ3n) is 5.14. The fraction of sp³-hybridized carbons (Fsp3) is 0.273. The van der Waals surface area contributed by atoms with E-state index in [2.05, 4.69) is 20.8 Å². The standard InChI is InChI=1S/C22H20BrFN2O2S/c1-28-21(27)17-3-2-12-26(13-17)22-25-19(20(23)29-22)16-6-4-14(5-7-16)15-8-10-18(24)11-9-15/h4-11,17H,2-3,12-13H2,1H3. The molecule has 4 rings (SSSR count). The molecule has 0 aliphatic carbocycles. The highest BCUT2D eigenvalue weighted by Gasteiger charge is 2.28. The summed E-state index contributed by atoms with van der Waals surface area (Å²) in [5.41, 5.74) is 3.89. The van der Waals surface area contributed by atoms with Gasteiger partial charge in [0.15, 0.2) is 5.13 Å². The lowest BCUT2D eigenvalue weighted by Gasteiger charge is -2.30. The van der Waals surface area contributed by atoms with Gasteiger partial charge in [-0.3, -0.25) is 4.79 Å². The van der Waals surface area contributed by atoms with Crippen LogP contribution in [0.15, 0.2) is 52.3 Å². The monoisotopic (exact) mass is 474 g/mol. The molecule has 29 heavy (non-hydrogen) atoms. The summed E-state index contributed by atoms with van der Waals surface area (Å²) in [5.74, 6) is -0.492. The normalized spacial score (nSPS) is 16.7. The van der Waals surface area contributed by atoms with Crippen molar-refractivity contribution >= 4 is 38.4 Å². The van der Waals surface area contributed by atoms with E-state index in [0.29, 0.717) is 6.54 Å². The lowest BCUT2D eigenvalue weighted by Crippen LogP contribution is -2.39. The summed E-state index contributed by atoms with van der Waals surface area (Å²) < 4.78 is 19.0. The van der Waals surface area contributed by atoms with Crippen LogP contribution in [-0.2, 0) is 9.53 Å². The highest BCUT2D eigenvalue weighted by molar-refractivity contribution is 9.11. The van der Waals surface area contributed by atoms with Gasteiger partial charge >= 0.3 is 5.97 Å². The molecule has 0 radical (unpaired) electrons. The summed E-state index contributed by atoms with van der Waals surface area (Å²) in [6.07, 6.45) is 1.80. The average molecular weight is 475 g/mol. The lowest BCUT2D eigenvalue weighted by molar-refractivity contribution is -0.145. The number of ether oxygens (including phenoxy) is 1. The molecule has 0 bridgehead atoms. The molecule has 1 unspecified atom stereocenters. The van der Waals surface area contributed by atoms with Gasteiger partial charge in [-0.15, -0.1) is 0 Å². The number of aromatic nitrogens is 1. The smallest absolute Gasteiger partial charge is 0.310 e. The summed E-state index contributed by atoms with van der Waals surface area (Å²) in [6, 6.07) is 14.6. The maximum absolute atomic E-state index is 13.1. The molecule has 7 heteroatoms. The van der Waals surface area contributed by atoms with Crippen molar-refractivity contribution in [2.24, 2.45) is 5.92 Å². The largest absolute Gasteiger partial charge is 0.469 e. The number of anilines is 1. The quantitative estimate of drug-likeness (QED) is 0.450. The van der Waals surface area contributed by atoms with Crippen molar-refractivity contribution in [3.05, 3.63) is 58.1 Å². The van der Waals surface area contributed by atoms with E-state index in [0.717, 1.165) is 50.7 Å². The fourth-order valence-corrected chi connectivity index (χ4v) is 5.18. The Morgan fingerprint density at radius 1 is 1.14 bits per heavy atom. The second-order valence-electron chi connectivity index (χ2n) is 7.01. The maximum atomic E-state index is 13.1. The first-order valence-electron chi connectivity index (χ1n) is 9.40. The van der Waals surface area contributed by atoms with Gasteiger partial charge in [-0.25, -0.2) is 9.37 Å². The summed E-state index contributed by atoms with van der Waals surface area (Å²) in [5, 5.41) is 0.906. The maximum Gasteiger partial charge on any atom is 0.310 e. The highest BCUT2D eigenvalue weighted by Crippen LogP contribution is 2.39. The molecule has 2 heterocycles. The van der Waals surface area contributed by atoms with Gasteiger partial charge in [-0.05, 0) is 52.0 Å². The van der Waals surface area contributed by atoms with Gasteiger partial charge < -0.3 is 9.64 Å². The number of rotatable bonds is 4. The van der Waals surface area contributed by atoms with Crippen molar-refractivity contribution in [2.45, 2.75) is 12.8 Å². The minimum absolute atomic E-state index is 0.102. The Hall–Kier alpha value is -2.25. The molecule has 1 saturated heterocycles. The van der Waals surface area contributed by atoms with E-state index in [4.69, 9.17) is 9.72 Å². The number of halogens is 2. The number of piperidine rings is 1. The van der Waals surface area contributed by atoms with Crippen molar-refractivity contribution in [3.63, 3.8) is 0 Å². The lowest BCUT2D eigenvalue weighted by atomic mass is 9.99. The molecule has 0 spiro atoms. The number of carbonyl (C=O) groups is 1. The molecule has 0 saturated carbocycles. The van der Waals surface area contributed by atoms with Crippen LogP contribution in [0.5, 0.6) is 0 Å². The molecule has 1 fully saturated rings. The first-order valence-corrected chi connectivity index (χ1v) is 11.0. The van der Waals surface area contributed by atoms with Crippen molar-refractivity contribution in [1.29, 1.82) is 0 Å². The molecule has 1 aliphatic rings. The Labute approximate surface area is 181 Å². The van der Waals surface area contributed by atoms with E-state index < -0.39 is 0 Å². The Balaban J connectivity index is 1.55. The van der Waals surface area contributed by atoms with Crippen LogP contribution >= 0.6 is 27.3 Å². The third-order valence-corrected chi connectivity index (χ3v) is 6.90. The number of hydrogen-bond donors (Lipinski definition) is 0. The molecule has 0 amide bonds. The Morgan fingerprint density at radius 2 is 1.76 bits per heavy atom. The number of benzene rings is 2.